The van der Waals surface area contributed by atoms with E-state index in [0.29, 0.717) is 17.1 Å². The van der Waals surface area contributed by atoms with Crippen molar-refractivity contribution in [1.29, 1.82) is 0 Å². The minimum absolute atomic E-state index is 0.431. The van der Waals surface area contributed by atoms with E-state index in [9.17, 15) is 4.79 Å². The molecule has 0 amide bonds. The van der Waals surface area contributed by atoms with E-state index in [1.54, 1.807) is 43.6 Å². The highest BCUT2D eigenvalue weighted by atomic mass is 16.5. The van der Waals surface area contributed by atoms with Gasteiger partial charge in [0, 0.05) is 11.6 Å². The van der Waals surface area contributed by atoms with Crippen LogP contribution in [0.5, 0.6) is 11.5 Å². The summed E-state index contributed by atoms with van der Waals surface area (Å²) in [6, 6.07) is 20.4. The third-order valence-electron chi connectivity index (χ3n) is 4.08. The second-order valence-corrected chi connectivity index (χ2v) is 5.62. The normalized spacial score (nSPS) is 10.8. The van der Waals surface area contributed by atoms with Crippen molar-refractivity contribution in [3.8, 4) is 11.5 Å². The minimum Gasteiger partial charge on any atom is -0.497 e. The number of carbonyl (C=O) groups is 1. The Hall–Kier alpha value is -3.40. The predicted octanol–water partition coefficient (Wildman–Crippen LogP) is 4.62. The lowest BCUT2D eigenvalue weighted by Crippen LogP contribution is -2.09. The third-order valence-corrected chi connectivity index (χ3v) is 4.08. The molecule has 0 bridgehead atoms. The molecule has 3 aromatic carbocycles. The lowest BCUT2D eigenvalue weighted by Gasteiger charge is -2.10. The van der Waals surface area contributed by atoms with Gasteiger partial charge in [-0.05, 0) is 35.7 Å². The number of ether oxygens (including phenoxy) is 2. The van der Waals surface area contributed by atoms with Crippen molar-refractivity contribution in [3.63, 3.8) is 0 Å². The van der Waals surface area contributed by atoms with Gasteiger partial charge >= 0.3 is 5.97 Å². The molecule has 0 aliphatic heterocycles. The van der Waals surface area contributed by atoms with E-state index in [1.807, 2.05) is 36.4 Å². The SMILES string of the molecule is COc1cccc(C(=O)Oc2cccc3ccc4cccnc4c23)c1. The van der Waals surface area contributed by atoms with Crippen LogP contribution in [-0.2, 0) is 0 Å². The molecule has 0 saturated carbocycles. The van der Waals surface area contributed by atoms with Crippen LogP contribution in [0.25, 0.3) is 21.7 Å². The van der Waals surface area contributed by atoms with E-state index >= 15 is 0 Å². The number of pyridine rings is 1. The molecule has 0 unspecified atom stereocenters. The Balaban J connectivity index is 1.81. The predicted molar refractivity (Wildman–Crippen MR) is 97.2 cm³/mol. The Morgan fingerprint density at radius 3 is 2.60 bits per heavy atom. The molecule has 25 heavy (non-hydrogen) atoms. The summed E-state index contributed by atoms with van der Waals surface area (Å²) in [6.45, 7) is 0. The topological polar surface area (TPSA) is 48.4 Å². The maximum atomic E-state index is 12.6. The Morgan fingerprint density at radius 1 is 0.920 bits per heavy atom. The van der Waals surface area contributed by atoms with Gasteiger partial charge in [0.1, 0.15) is 11.5 Å². The summed E-state index contributed by atoms with van der Waals surface area (Å²) < 4.78 is 10.9. The second kappa shape index (κ2) is 6.24. The fourth-order valence-electron chi connectivity index (χ4n) is 2.87. The molecule has 0 atom stereocenters. The zero-order chi connectivity index (χ0) is 17.2. The van der Waals surface area contributed by atoms with Crippen LogP contribution in [0.3, 0.4) is 0 Å². The number of fused-ring (bicyclic) bond motifs is 3. The molecule has 0 aliphatic carbocycles. The van der Waals surface area contributed by atoms with Crippen molar-refractivity contribution in [1.82, 2.24) is 4.98 Å². The Morgan fingerprint density at radius 2 is 1.72 bits per heavy atom. The van der Waals surface area contributed by atoms with Gasteiger partial charge in [-0.25, -0.2) is 4.79 Å². The molecule has 122 valence electrons. The second-order valence-electron chi connectivity index (χ2n) is 5.62. The molecule has 4 heteroatoms. The fraction of sp³-hybridized carbons (Fsp3) is 0.0476. The molecule has 0 aliphatic rings. The van der Waals surface area contributed by atoms with Crippen molar-refractivity contribution in [2.45, 2.75) is 0 Å². The molecule has 4 rings (SSSR count). The van der Waals surface area contributed by atoms with Gasteiger partial charge in [-0.1, -0.05) is 36.4 Å². The molecule has 4 nitrogen and oxygen atoms in total. The number of benzene rings is 3. The summed E-state index contributed by atoms with van der Waals surface area (Å²) in [5.41, 5.74) is 1.25. The number of hydrogen-bond acceptors (Lipinski definition) is 4. The Kier molecular flexibility index (Phi) is 3.78. The van der Waals surface area contributed by atoms with E-state index in [2.05, 4.69) is 4.98 Å². The van der Waals surface area contributed by atoms with Crippen molar-refractivity contribution in [2.24, 2.45) is 0 Å². The summed E-state index contributed by atoms with van der Waals surface area (Å²) in [5, 5.41) is 2.80. The van der Waals surface area contributed by atoms with E-state index < -0.39 is 5.97 Å². The first-order chi connectivity index (χ1) is 12.3. The molecular formula is C21H15NO3. The van der Waals surface area contributed by atoms with Gasteiger partial charge < -0.3 is 9.47 Å². The van der Waals surface area contributed by atoms with Gasteiger partial charge in [0.05, 0.1) is 23.6 Å². The number of esters is 1. The maximum absolute atomic E-state index is 12.6. The smallest absolute Gasteiger partial charge is 0.343 e. The number of hydrogen-bond donors (Lipinski definition) is 0. The van der Waals surface area contributed by atoms with E-state index in [1.165, 1.54) is 0 Å². The van der Waals surface area contributed by atoms with Crippen molar-refractivity contribution in [2.75, 3.05) is 7.11 Å². The number of methoxy groups -OCH3 is 1. The molecule has 0 N–H and O–H groups in total. The quantitative estimate of drug-likeness (QED) is 0.313. The molecule has 1 heterocycles. The first-order valence-electron chi connectivity index (χ1n) is 7.89. The molecule has 0 fully saturated rings. The van der Waals surface area contributed by atoms with Gasteiger partial charge in [0.25, 0.3) is 0 Å². The van der Waals surface area contributed by atoms with Crippen LogP contribution in [0.4, 0.5) is 0 Å². The van der Waals surface area contributed by atoms with Gasteiger partial charge in [-0.15, -0.1) is 0 Å². The number of rotatable bonds is 3. The van der Waals surface area contributed by atoms with E-state index in [0.717, 1.165) is 21.7 Å². The lowest BCUT2D eigenvalue weighted by molar-refractivity contribution is 0.0737. The highest BCUT2D eigenvalue weighted by Crippen LogP contribution is 2.32. The fourth-order valence-corrected chi connectivity index (χ4v) is 2.87. The molecule has 0 radical (unpaired) electrons. The zero-order valence-corrected chi connectivity index (χ0v) is 13.6. The van der Waals surface area contributed by atoms with Crippen LogP contribution in [0.15, 0.2) is 72.9 Å². The molecular weight excluding hydrogens is 314 g/mol. The Bertz CT molecular complexity index is 1090. The van der Waals surface area contributed by atoms with Crippen molar-refractivity contribution in [3.05, 3.63) is 78.5 Å². The van der Waals surface area contributed by atoms with E-state index in [-0.39, 0.29) is 0 Å². The summed E-state index contributed by atoms with van der Waals surface area (Å²) in [4.78, 5) is 17.0. The van der Waals surface area contributed by atoms with Gasteiger partial charge in [-0.3, -0.25) is 4.98 Å². The molecule has 1 aromatic heterocycles. The van der Waals surface area contributed by atoms with Crippen LogP contribution in [0.2, 0.25) is 0 Å². The average molecular weight is 329 g/mol. The van der Waals surface area contributed by atoms with Crippen LogP contribution in [-0.4, -0.2) is 18.1 Å². The summed E-state index contributed by atoms with van der Waals surface area (Å²) in [6.07, 6.45) is 1.74. The summed E-state index contributed by atoms with van der Waals surface area (Å²) in [7, 11) is 1.56. The molecule has 0 saturated heterocycles. The van der Waals surface area contributed by atoms with Crippen molar-refractivity contribution >= 4 is 27.6 Å². The monoisotopic (exact) mass is 329 g/mol. The van der Waals surface area contributed by atoms with Crippen LogP contribution < -0.4 is 9.47 Å². The van der Waals surface area contributed by atoms with Crippen molar-refractivity contribution < 1.29 is 14.3 Å². The van der Waals surface area contributed by atoms with Crippen LogP contribution in [0, 0.1) is 0 Å². The lowest BCUT2D eigenvalue weighted by atomic mass is 10.1. The number of nitrogens with zero attached hydrogens (tertiary/aromatic N) is 1. The largest absolute Gasteiger partial charge is 0.497 e. The standard InChI is InChI=1S/C21H15NO3/c1-24-17-8-2-6-16(13-17)21(23)25-18-9-3-5-14-10-11-15-7-4-12-22-20(15)19(14)18/h2-13H,1H3. The minimum atomic E-state index is -0.431. The van der Waals surface area contributed by atoms with Gasteiger partial charge in [0.2, 0.25) is 0 Å². The highest BCUT2D eigenvalue weighted by molar-refractivity contribution is 6.09. The highest BCUT2D eigenvalue weighted by Gasteiger charge is 2.14. The summed E-state index contributed by atoms with van der Waals surface area (Å²) >= 11 is 0. The van der Waals surface area contributed by atoms with Gasteiger partial charge in [-0.2, -0.15) is 0 Å². The molecule has 0 spiro atoms. The number of aromatic nitrogens is 1. The van der Waals surface area contributed by atoms with Crippen LogP contribution in [0.1, 0.15) is 10.4 Å². The first kappa shape index (κ1) is 15.1. The Labute approximate surface area is 144 Å². The van der Waals surface area contributed by atoms with Gasteiger partial charge in [0.15, 0.2) is 0 Å². The average Bonchev–Trinajstić information content (AvgIpc) is 2.68. The van der Waals surface area contributed by atoms with Crippen LogP contribution >= 0.6 is 0 Å². The number of carbonyl (C=O) groups excluding carboxylic acids is 1. The summed E-state index contributed by atoms with van der Waals surface area (Å²) in [5.74, 6) is 0.674. The molecule has 4 aromatic rings. The third kappa shape index (κ3) is 2.78. The maximum Gasteiger partial charge on any atom is 0.343 e. The zero-order valence-electron chi connectivity index (χ0n) is 13.6. The first-order valence-corrected chi connectivity index (χ1v) is 7.89. The van der Waals surface area contributed by atoms with E-state index in [4.69, 9.17) is 9.47 Å².